The number of rotatable bonds is 6. The molecule has 0 aliphatic rings. The molecule has 0 aliphatic carbocycles. The standard InChI is InChI=1S/C14H26N2O2/c1-7-11(17)15-9-8-12(18)16-10-14(5,6)13(2,3)4/h7H,1,8-10H2,2-6H3,(H,15,17)(H,16,18). The Balaban J connectivity index is 3.98. The number of hydrogen-bond acceptors (Lipinski definition) is 2. The van der Waals surface area contributed by atoms with Crippen LogP contribution in [-0.2, 0) is 9.59 Å². The van der Waals surface area contributed by atoms with Gasteiger partial charge in [-0.2, -0.15) is 0 Å². The molecule has 4 nitrogen and oxygen atoms in total. The normalized spacial score (nSPS) is 11.8. The van der Waals surface area contributed by atoms with Crippen LogP contribution in [0.4, 0.5) is 0 Å². The van der Waals surface area contributed by atoms with E-state index in [9.17, 15) is 9.59 Å². The zero-order valence-corrected chi connectivity index (χ0v) is 12.2. The maximum atomic E-state index is 11.6. The summed E-state index contributed by atoms with van der Waals surface area (Å²) in [5.74, 6) is -0.297. The zero-order chi connectivity index (χ0) is 14.4. The summed E-state index contributed by atoms with van der Waals surface area (Å²) in [5, 5.41) is 5.48. The fourth-order valence-electron chi connectivity index (χ4n) is 1.04. The van der Waals surface area contributed by atoms with E-state index in [1.54, 1.807) is 0 Å². The fraction of sp³-hybridized carbons (Fsp3) is 0.714. The third-order valence-corrected chi connectivity index (χ3v) is 3.59. The number of hydrogen-bond donors (Lipinski definition) is 2. The van der Waals surface area contributed by atoms with Crippen molar-refractivity contribution in [3.8, 4) is 0 Å². The van der Waals surface area contributed by atoms with E-state index in [-0.39, 0.29) is 22.6 Å². The highest BCUT2D eigenvalue weighted by atomic mass is 16.2. The highest BCUT2D eigenvalue weighted by Crippen LogP contribution is 2.36. The summed E-state index contributed by atoms with van der Waals surface area (Å²) >= 11 is 0. The van der Waals surface area contributed by atoms with Crippen molar-refractivity contribution < 1.29 is 9.59 Å². The first-order valence-electron chi connectivity index (χ1n) is 6.27. The average Bonchev–Trinajstić information content (AvgIpc) is 2.24. The summed E-state index contributed by atoms with van der Waals surface area (Å²) in [4.78, 5) is 22.5. The number of amides is 2. The topological polar surface area (TPSA) is 58.2 Å². The monoisotopic (exact) mass is 254 g/mol. The van der Waals surface area contributed by atoms with Crippen molar-refractivity contribution in [1.82, 2.24) is 10.6 Å². The molecule has 0 aromatic carbocycles. The molecule has 0 radical (unpaired) electrons. The van der Waals surface area contributed by atoms with Crippen LogP contribution in [0.2, 0.25) is 0 Å². The smallest absolute Gasteiger partial charge is 0.243 e. The second-order valence-corrected chi connectivity index (χ2v) is 6.16. The van der Waals surface area contributed by atoms with Gasteiger partial charge in [0.25, 0.3) is 0 Å². The van der Waals surface area contributed by atoms with Crippen molar-refractivity contribution >= 4 is 11.8 Å². The van der Waals surface area contributed by atoms with E-state index in [4.69, 9.17) is 0 Å². The van der Waals surface area contributed by atoms with Gasteiger partial charge in [-0.15, -0.1) is 0 Å². The molecule has 0 aliphatic heterocycles. The molecule has 4 heteroatoms. The van der Waals surface area contributed by atoms with E-state index >= 15 is 0 Å². The van der Waals surface area contributed by atoms with Gasteiger partial charge >= 0.3 is 0 Å². The Kier molecular flexibility index (Phi) is 6.09. The Morgan fingerprint density at radius 1 is 1.11 bits per heavy atom. The minimum absolute atomic E-state index is 0.0209. The summed E-state index contributed by atoms with van der Waals surface area (Å²) in [6.45, 7) is 15.0. The van der Waals surface area contributed by atoms with Crippen LogP contribution in [0.1, 0.15) is 41.0 Å². The van der Waals surface area contributed by atoms with Gasteiger partial charge in [-0.3, -0.25) is 9.59 Å². The number of carbonyl (C=O) groups excluding carboxylic acids is 2. The van der Waals surface area contributed by atoms with Crippen molar-refractivity contribution in [3.63, 3.8) is 0 Å². The molecule has 0 saturated carbocycles. The zero-order valence-electron chi connectivity index (χ0n) is 12.2. The second kappa shape index (κ2) is 6.57. The van der Waals surface area contributed by atoms with Crippen molar-refractivity contribution in [2.24, 2.45) is 10.8 Å². The van der Waals surface area contributed by atoms with E-state index in [1.807, 2.05) is 0 Å². The Hall–Kier alpha value is -1.32. The lowest BCUT2D eigenvalue weighted by Gasteiger charge is -2.39. The first-order chi connectivity index (χ1) is 8.10. The lowest BCUT2D eigenvalue weighted by Crippen LogP contribution is -2.42. The average molecular weight is 254 g/mol. The van der Waals surface area contributed by atoms with Crippen LogP contribution in [-0.4, -0.2) is 24.9 Å². The van der Waals surface area contributed by atoms with E-state index in [1.165, 1.54) is 6.08 Å². The molecule has 2 N–H and O–H groups in total. The first kappa shape index (κ1) is 16.7. The van der Waals surface area contributed by atoms with Gasteiger partial charge in [0.1, 0.15) is 0 Å². The first-order valence-corrected chi connectivity index (χ1v) is 6.27. The molecule has 0 atom stereocenters. The summed E-state index contributed by atoms with van der Waals surface area (Å²) in [6.07, 6.45) is 1.49. The van der Waals surface area contributed by atoms with Crippen LogP contribution < -0.4 is 10.6 Å². The lowest BCUT2D eigenvalue weighted by molar-refractivity contribution is -0.122. The predicted octanol–water partition coefficient (Wildman–Crippen LogP) is 1.87. The van der Waals surface area contributed by atoms with Crippen LogP contribution in [0, 0.1) is 10.8 Å². The van der Waals surface area contributed by atoms with Gasteiger partial charge in [-0.1, -0.05) is 41.2 Å². The second-order valence-electron chi connectivity index (χ2n) is 6.16. The molecule has 0 aromatic rings. The SMILES string of the molecule is C=CC(=O)NCCC(=O)NCC(C)(C)C(C)(C)C. The Bertz CT molecular complexity index is 314. The molecule has 0 bridgehead atoms. The molecule has 2 amide bonds. The minimum atomic E-state index is -0.252. The van der Waals surface area contributed by atoms with Crippen LogP contribution in [0.15, 0.2) is 12.7 Å². The summed E-state index contributed by atoms with van der Waals surface area (Å²) in [5.41, 5.74) is 0.143. The third kappa shape index (κ3) is 5.84. The summed E-state index contributed by atoms with van der Waals surface area (Å²) < 4.78 is 0. The number of carbonyl (C=O) groups is 2. The summed E-state index contributed by atoms with van der Waals surface area (Å²) in [7, 11) is 0. The lowest BCUT2D eigenvalue weighted by atomic mass is 9.69. The van der Waals surface area contributed by atoms with Gasteiger partial charge in [-0.05, 0) is 16.9 Å². The molecule has 0 unspecified atom stereocenters. The van der Waals surface area contributed by atoms with Gasteiger partial charge in [-0.25, -0.2) is 0 Å². The largest absolute Gasteiger partial charge is 0.355 e. The Labute approximate surface area is 110 Å². The van der Waals surface area contributed by atoms with Gasteiger partial charge in [0, 0.05) is 19.5 Å². The molecule has 0 heterocycles. The molecule has 104 valence electrons. The van der Waals surface area contributed by atoms with Crippen molar-refractivity contribution in [3.05, 3.63) is 12.7 Å². The predicted molar refractivity (Wildman–Crippen MR) is 74.1 cm³/mol. The Morgan fingerprint density at radius 2 is 1.67 bits per heavy atom. The highest BCUT2D eigenvalue weighted by molar-refractivity contribution is 5.87. The summed E-state index contributed by atoms with van der Waals surface area (Å²) in [6, 6.07) is 0. The van der Waals surface area contributed by atoms with Crippen molar-refractivity contribution in [1.29, 1.82) is 0 Å². The maximum absolute atomic E-state index is 11.6. The van der Waals surface area contributed by atoms with Gasteiger partial charge in [0.15, 0.2) is 0 Å². The molecular weight excluding hydrogens is 228 g/mol. The van der Waals surface area contributed by atoms with E-state index in [0.717, 1.165) is 0 Å². The molecule has 0 fully saturated rings. The van der Waals surface area contributed by atoms with Crippen LogP contribution in [0.3, 0.4) is 0 Å². The highest BCUT2D eigenvalue weighted by Gasteiger charge is 2.32. The molecular formula is C14H26N2O2. The van der Waals surface area contributed by atoms with Gasteiger partial charge < -0.3 is 10.6 Å². The molecule has 18 heavy (non-hydrogen) atoms. The van der Waals surface area contributed by atoms with Gasteiger partial charge in [0.2, 0.25) is 11.8 Å². The minimum Gasteiger partial charge on any atom is -0.355 e. The van der Waals surface area contributed by atoms with Gasteiger partial charge in [0.05, 0.1) is 0 Å². The van der Waals surface area contributed by atoms with Crippen LogP contribution in [0.25, 0.3) is 0 Å². The van der Waals surface area contributed by atoms with E-state index < -0.39 is 0 Å². The van der Waals surface area contributed by atoms with E-state index in [0.29, 0.717) is 19.5 Å². The van der Waals surface area contributed by atoms with Crippen LogP contribution in [0.5, 0.6) is 0 Å². The maximum Gasteiger partial charge on any atom is 0.243 e. The molecule has 0 aromatic heterocycles. The molecule has 0 saturated heterocycles. The van der Waals surface area contributed by atoms with Crippen molar-refractivity contribution in [2.45, 2.75) is 41.0 Å². The number of nitrogens with one attached hydrogen (secondary N) is 2. The fourth-order valence-corrected chi connectivity index (χ4v) is 1.04. The Morgan fingerprint density at radius 3 is 2.11 bits per heavy atom. The quantitative estimate of drug-likeness (QED) is 0.711. The molecule has 0 spiro atoms. The third-order valence-electron chi connectivity index (χ3n) is 3.59. The van der Waals surface area contributed by atoms with E-state index in [2.05, 4.69) is 51.8 Å². The van der Waals surface area contributed by atoms with Crippen molar-refractivity contribution in [2.75, 3.05) is 13.1 Å². The van der Waals surface area contributed by atoms with Crippen LogP contribution >= 0.6 is 0 Å². The molecule has 0 rings (SSSR count).